The molecular weight excluding hydrogens is 243 g/mol. The van der Waals surface area contributed by atoms with Gasteiger partial charge in [-0.05, 0) is 44.7 Å². The maximum Gasteiger partial charge on any atom is 0.0614 e. The van der Waals surface area contributed by atoms with Crippen LogP contribution in [0.15, 0.2) is 12.1 Å². The summed E-state index contributed by atoms with van der Waals surface area (Å²) in [6.07, 6.45) is 2.56. The van der Waals surface area contributed by atoms with Gasteiger partial charge >= 0.3 is 0 Å². The minimum atomic E-state index is 0.0608. The smallest absolute Gasteiger partial charge is 0.0614 e. The Hall–Kier alpha value is -0.600. The first-order valence-corrected chi connectivity index (χ1v) is 6.18. The van der Waals surface area contributed by atoms with E-state index >= 15 is 0 Å². The number of halogens is 2. The molecule has 0 spiro atoms. The van der Waals surface area contributed by atoms with E-state index in [2.05, 4.69) is 19.2 Å². The van der Waals surface area contributed by atoms with Gasteiger partial charge in [-0.1, -0.05) is 23.2 Å². The van der Waals surface area contributed by atoms with Crippen LogP contribution in [0, 0.1) is 5.92 Å². The molecule has 0 bridgehead atoms. The minimum absolute atomic E-state index is 0.0608. The van der Waals surface area contributed by atoms with E-state index in [1.807, 2.05) is 0 Å². The summed E-state index contributed by atoms with van der Waals surface area (Å²) in [6, 6.07) is 3.48. The molecule has 3 N–H and O–H groups in total. The Morgan fingerprint density at radius 3 is 2.38 bits per heavy atom. The van der Waals surface area contributed by atoms with E-state index in [1.165, 1.54) is 12.8 Å². The van der Waals surface area contributed by atoms with Gasteiger partial charge in [-0.2, -0.15) is 0 Å². The van der Waals surface area contributed by atoms with Crippen LogP contribution in [0.2, 0.25) is 10.0 Å². The quantitative estimate of drug-likeness (QED) is 0.799. The second-order valence-corrected chi connectivity index (χ2v) is 5.79. The lowest BCUT2D eigenvalue weighted by atomic mass is 9.98. The summed E-state index contributed by atoms with van der Waals surface area (Å²) in [5, 5.41) is 4.48. The molecule has 0 radical (unpaired) electrons. The first kappa shape index (κ1) is 11.9. The van der Waals surface area contributed by atoms with E-state index in [-0.39, 0.29) is 5.54 Å². The standard InChI is InChI=1S/C12H16Cl2N2/c1-12(2,7-3-4-7)16-11-6-9(14)8(13)5-10(11)15/h5-7,16H,3-4,15H2,1-2H3. The number of anilines is 2. The van der Waals surface area contributed by atoms with Crippen molar-refractivity contribution >= 4 is 34.6 Å². The van der Waals surface area contributed by atoms with Gasteiger partial charge in [-0.3, -0.25) is 0 Å². The zero-order chi connectivity index (χ0) is 11.9. The molecule has 0 aromatic heterocycles. The van der Waals surface area contributed by atoms with Crippen LogP contribution in [-0.2, 0) is 0 Å². The molecule has 1 aliphatic carbocycles. The minimum Gasteiger partial charge on any atom is -0.397 e. The van der Waals surface area contributed by atoms with Crippen LogP contribution < -0.4 is 11.1 Å². The first-order chi connectivity index (χ1) is 7.40. The molecule has 4 heteroatoms. The van der Waals surface area contributed by atoms with Crippen molar-refractivity contribution in [2.75, 3.05) is 11.1 Å². The van der Waals surface area contributed by atoms with Crippen molar-refractivity contribution in [2.45, 2.75) is 32.2 Å². The lowest BCUT2D eigenvalue weighted by Crippen LogP contribution is -2.33. The second-order valence-electron chi connectivity index (χ2n) is 4.97. The third-order valence-electron chi connectivity index (χ3n) is 3.15. The van der Waals surface area contributed by atoms with Crippen molar-refractivity contribution in [3.05, 3.63) is 22.2 Å². The second kappa shape index (κ2) is 4.01. The molecule has 1 aliphatic rings. The molecule has 1 aromatic carbocycles. The third kappa shape index (κ3) is 2.38. The number of nitrogens with one attached hydrogen (secondary N) is 1. The molecular formula is C12H16Cl2N2. The zero-order valence-electron chi connectivity index (χ0n) is 9.48. The summed E-state index contributed by atoms with van der Waals surface area (Å²) in [5.41, 5.74) is 7.48. The maximum absolute atomic E-state index is 5.98. The Kier molecular flexibility index (Phi) is 2.97. The highest BCUT2D eigenvalue weighted by Crippen LogP contribution is 2.42. The Bertz CT molecular complexity index is 412. The predicted octanol–water partition coefficient (Wildman–Crippen LogP) is 4.18. The average molecular weight is 259 g/mol. The van der Waals surface area contributed by atoms with Crippen molar-refractivity contribution in [3.63, 3.8) is 0 Å². The van der Waals surface area contributed by atoms with Crippen molar-refractivity contribution in [2.24, 2.45) is 5.92 Å². The maximum atomic E-state index is 5.98. The van der Waals surface area contributed by atoms with Crippen LogP contribution in [0.4, 0.5) is 11.4 Å². The lowest BCUT2D eigenvalue weighted by molar-refractivity contribution is 0.495. The molecule has 1 fully saturated rings. The molecule has 0 amide bonds. The largest absolute Gasteiger partial charge is 0.397 e. The van der Waals surface area contributed by atoms with Gasteiger partial charge in [-0.15, -0.1) is 0 Å². The van der Waals surface area contributed by atoms with Crippen LogP contribution in [0.3, 0.4) is 0 Å². The van der Waals surface area contributed by atoms with Crippen LogP contribution in [0.1, 0.15) is 26.7 Å². The highest BCUT2D eigenvalue weighted by atomic mass is 35.5. The topological polar surface area (TPSA) is 38.0 Å². The molecule has 0 unspecified atom stereocenters. The molecule has 1 aromatic rings. The van der Waals surface area contributed by atoms with Crippen LogP contribution in [-0.4, -0.2) is 5.54 Å². The van der Waals surface area contributed by atoms with Gasteiger partial charge in [0.25, 0.3) is 0 Å². The summed E-state index contributed by atoms with van der Waals surface area (Å²) in [6.45, 7) is 4.37. The number of benzene rings is 1. The molecule has 88 valence electrons. The first-order valence-electron chi connectivity index (χ1n) is 5.43. The van der Waals surface area contributed by atoms with Crippen LogP contribution in [0.5, 0.6) is 0 Å². The molecule has 2 rings (SSSR count). The zero-order valence-corrected chi connectivity index (χ0v) is 11.0. The fraction of sp³-hybridized carbons (Fsp3) is 0.500. The van der Waals surface area contributed by atoms with Gasteiger partial charge in [0, 0.05) is 5.54 Å². The SMILES string of the molecule is CC(C)(Nc1cc(Cl)c(Cl)cc1N)C1CC1. The van der Waals surface area contributed by atoms with Gasteiger partial charge in [0.2, 0.25) is 0 Å². The summed E-state index contributed by atoms with van der Waals surface area (Å²) < 4.78 is 0. The van der Waals surface area contributed by atoms with Gasteiger partial charge in [0.15, 0.2) is 0 Å². The Labute approximate surface area is 106 Å². The number of nitrogen functional groups attached to an aromatic ring is 1. The number of rotatable bonds is 3. The van der Waals surface area contributed by atoms with Gasteiger partial charge < -0.3 is 11.1 Å². The van der Waals surface area contributed by atoms with Crippen molar-refractivity contribution in [1.29, 1.82) is 0 Å². The Balaban J connectivity index is 2.23. The molecule has 0 heterocycles. The summed E-state index contributed by atoms with van der Waals surface area (Å²) in [7, 11) is 0. The van der Waals surface area contributed by atoms with Gasteiger partial charge in [-0.25, -0.2) is 0 Å². The predicted molar refractivity (Wildman–Crippen MR) is 71.3 cm³/mol. The van der Waals surface area contributed by atoms with E-state index < -0.39 is 0 Å². The fourth-order valence-electron chi connectivity index (χ4n) is 1.92. The number of hydrogen-bond donors (Lipinski definition) is 2. The molecule has 0 aliphatic heterocycles. The van der Waals surface area contributed by atoms with Crippen molar-refractivity contribution in [1.82, 2.24) is 0 Å². The van der Waals surface area contributed by atoms with Crippen LogP contribution >= 0.6 is 23.2 Å². The Morgan fingerprint density at radius 1 is 1.25 bits per heavy atom. The number of nitrogens with two attached hydrogens (primary N) is 1. The Morgan fingerprint density at radius 2 is 1.81 bits per heavy atom. The molecule has 2 nitrogen and oxygen atoms in total. The fourth-order valence-corrected chi connectivity index (χ4v) is 2.26. The average Bonchev–Trinajstić information content (AvgIpc) is 2.96. The van der Waals surface area contributed by atoms with Gasteiger partial charge in [0.1, 0.15) is 0 Å². The van der Waals surface area contributed by atoms with E-state index in [1.54, 1.807) is 12.1 Å². The van der Waals surface area contributed by atoms with E-state index in [4.69, 9.17) is 28.9 Å². The normalized spacial score (nSPS) is 16.2. The highest BCUT2D eigenvalue weighted by Gasteiger charge is 2.37. The summed E-state index contributed by atoms with van der Waals surface area (Å²) >= 11 is 11.9. The van der Waals surface area contributed by atoms with Crippen molar-refractivity contribution < 1.29 is 0 Å². The summed E-state index contributed by atoms with van der Waals surface area (Å²) in [5.74, 6) is 0.723. The lowest BCUT2D eigenvalue weighted by Gasteiger charge is -2.28. The van der Waals surface area contributed by atoms with Gasteiger partial charge in [0.05, 0.1) is 21.4 Å². The van der Waals surface area contributed by atoms with E-state index in [9.17, 15) is 0 Å². The molecule has 0 atom stereocenters. The monoisotopic (exact) mass is 258 g/mol. The molecule has 1 saturated carbocycles. The molecule has 16 heavy (non-hydrogen) atoms. The molecule has 0 saturated heterocycles. The third-order valence-corrected chi connectivity index (χ3v) is 3.87. The van der Waals surface area contributed by atoms with E-state index in [0.29, 0.717) is 15.7 Å². The van der Waals surface area contributed by atoms with E-state index in [0.717, 1.165) is 11.6 Å². The van der Waals surface area contributed by atoms with Crippen LogP contribution in [0.25, 0.3) is 0 Å². The number of hydrogen-bond acceptors (Lipinski definition) is 2. The summed E-state index contributed by atoms with van der Waals surface area (Å²) in [4.78, 5) is 0. The van der Waals surface area contributed by atoms with Crippen molar-refractivity contribution in [3.8, 4) is 0 Å². The highest BCUT2D eigenvalue weighted by molar-refractivity contribution is 6.42.